The first-order valence-corrected chi connectivity index (χ1v) is 8.52. The summed E-state index contributed by atoms with van der Waals surface area (Å²) in [6.45, 7) is 0.924. The van der Waals surface area contributed by atoms with E-state index in [9.17, 15) is 9.18 Å². The Bertz CT molecular complexity index is 883. The number of aliphatic imine (C=N–C) groups is 1. The van der Waals surface area contributed by atoms with Crippen LogP contribution in [0.5, 0.6) is 0 Å². The van der Waals surface area contributed by atoms with Gasteiger partial charge in [0.15, 0.2) is 0 Å². The third kappa shape index (κ3) is 2.78. The SMILES string of the molecule is CN1CN2c3ccc(Cl)cc3C(c3ccccc3F)=NCC2CC1=O. The van der Waals surface area contributed by atoms with Gasteiger partial charge in [0.1, 0.15) is 5.82 Å². The first kappa shape index (κ1) is 16.1. The summed E-state index contributed by atoms with van der Waals surface area (Å²) in [5.74, 6) is -0.221. The molecular formula is C19H17ClFN3O. The zero-order valence-electron chi connectivity index (χ0n) is 13.7. The van der Waals surface area contributed by atoms with E-state index in [2.05, 4.69) is 9.89 Å². The molecule has 1 saturated heterocycles. The lowest BCUT2D eigenvalue weighted by Crippen LogP contribution is -2.53. The minimum Gasteiger partial charge on any atom is -0.348 e. The maximum absolute atomic E-state index is 14.4. The fraction of sp³-hybridized carbons (Fsp3) is 0.263. The lowest BCUT2D eigenvalue weighted by atomic mass is 9.99. The fourth-order valence-corrected chi connectivity index (χ4v) is 3.61. The van der Waals surface area contributed by atoms with Crippen LogP contribution >= 0.6 is 11.6 Å². The smallest absolute Gasteiger partial charge is 0.225 e. The Labute approximate surface area is 150 Å². The van der Waals surface area contributed by atoms with Gasteiger partial charge in [-0.3, -0.25) is 9.79 Å². The molecule has 1 fully saturated rings. The minimum atomic E-state index is -0.319. The van der Waals surface area contributed by atoms with Crippen molar-refractivity contribution >= 4 is 28.9 Å². The average molecular weight is 358 g/mol. The molecule has 2 heterocycles. The average Bonchev–Trinajstić information content (AvgIpc) is 2.73. The van der Waals surface area contributed by atoms with Gasteiger partial charge >= 0.3 is 0 Å². The van der Waals surface area contributed by atoms with E-state index >= 15 is 0 Å². The molecule has 2 aliphatic heterocycles. The topological polar surface area (TPSA) is 35.9 Å². The molecule has 0 bridgehead atoms. The molecule has 1 amide bonds. The van der Waals surface area contributed by atoms with E-state index in [0.29, 0.717) is 35.9 Å². The molecule has 2 aromatic carbocycles. The maximum Gasteiger partial charge on any atom is 0.225 e. The van der Waals surface area contributed by atoms with Gasteiger partial charge < -0.3 is 9.80 Å². The van der Waals surface area contributed by atoms with Gasteiger partial charge in [0.2, 0.25) is 5.91 Å². The molecule has 2 aromatic rings. The summed E-state index contributed by atoms with van der Waals surface area (Å²) in [5, 5.41) is 0.572. The molecule has 0 aromatic heterocycles. The summed E-state index contributed by atoms with van der Waals surface area (Å²) in [6.07, 6.45) is 0.395. The molecule has 2 aliphatic rings. The van der Waals surface area contributed by atoms with Crippen molar-refractivity contribution in [3.63, 3.8) is 0 Å². The number of carbonyl (C=O) groups is 1. The minimum absolute atomic E-state index is 0.0344. The number of benzene rings is 2. The lowest BCUT2D eigenvalue weighted by molar-refractivity contribution is -0.132. The number of nitrogens with zero attached hydrogens (tertiary/aromatic N) is 3. The number of carbonyl (C=O) groups excluding carboxylic acids is 1. The van der Waals surface area contributed by atoms with Gasteiger partial charge in [-0.2, -0.15) is 0 Å². The molecule has 128 valence electrons. The van der Waals surface area contributed by atoms with Crippen molar-refractivity contribution in [1.29, 1.82) is 0 Å². The Kier molecular flexibility index (Phi) is 3.96. The molecule has 0 spiro atoms. The number of hydrogen-bond acceptors (Lipinski definition) is 3. The van der Waals surface area contributed by atoms with Crippen LogP contribution in [0.4, 0.5) is 10.1 Å². The zero-order valence-corrected chi connectivity index (χ0v) is 14.5. The second-order valence-electron chi connectivity index (χ2n) is 6.39. The monoisotopic (exact) mass is 357 g/mol. The van der Waals surface area contributed by atoms with Crippen LogP contribution in [0.3, 0.4) is 0 Å². The summed E-state index contributed by atoms with van der Waals surface area (Å²) in [7, 11) is 1.79. The Hall–Kier alpha value is -2.40. The second-order valence-corrected chi connectivity index (χ2v) is 6.83. The Balaban J connectivity index is 1.89. The number of anilines is 1. The standard InChI is InChI=1S/C19H17ClFN3O/c1-23-11-24-13(9-18(23)25)10-22-19(14-4-2-3-5-16(14)21)15-8-12(20)6-7-17(15)24/h2-8,13H,9-11H2,1H3. The molecular weight excluding hydrogens is 341 g/mol. The first-order valence-electron chi connectivity index (χ1n) is 8.14. The zero-order chi connectivity index (χ0) is 17.6. The number of fused-ring (bicyclic) bond motifs is 3. The van der Waals surface area contributed by atoms with Gasteiger partial charge in [-0.05, 0) is 30.3 Å². The molecule has 1 unspecified atom stereocenters. The van der Waals surface area contributed by atoms with Gasteiger partial charge in [-0.1, -0.05) is 23.7 Å². The molecule has 0 saturated carbocycles. The number of rotatable bonds is 1. The summed E-state index contributed by atoms with van der Waals surface area (Å²) < 4.78 is 14.4. The van der Waals surface area contributed by atoms with E-state index in [4.69, 9.17) is 11.6 Å². The summed E-state index contributed by atoms with van der Waals surface area (Å²) in [5.41, 5.74) is 2.75. The quantitative estimate of drug-likeness (QED) is 0.785. The number of hydrogen-bond donors (Lipinski definition) is 0. The Morgan fingerprint density at radius 2 is 2.00 bits per heavy atom. The van der Waals surface area contributed by atoms with Crippen molar-refractivity contribution in [3.8, 4) is 0 Å². The predicted octanol–water partition coefficient (Wildman–Crippen LogP) is 3.32. The van der Waals surface area contributed by atoms with E-state index in [1.807, 2.05) is 18.2 Å². The summed E-state index contributed by atoms with van der Waals surface area (Å²) >= 11 is 6.22. The molecule has 4 nitrogen and oxygen atoms in total. The molecule has 25 heavy (non-hydrogen) atoms. The van der Waals surface area contributed by atoms with Crippen LogP contribution in [-0.4, -0.2) is 42.8 Å². The van der Waals surface area contributed by atoms with Crippen LogP contribution in [0.25, 0.3) is 0 Å². The Morgan fingerprint density at radius 3 is 2.80 bits per heavy atom. The number of halogens is 2. The van der Waals surface area contributed by atoms with E-state index in [1.165, 1.54) is 6.07 Å². The highest BCUT2D eigenvalue weighted by Gasteiger charge is 2.34. The van der Waals surface area contributed by atoms with Gasteiger partial charge in [0.05, 0.1) is 25.0 Å². The van der Waals surface area contributed by atoms with Crippen molar-refractivity contribution in [2.75, 3.05) is 25.2 Å². The highest BCUT2D eigenvalue weighted by atomic mass is 35.5. The lowest BCUT2D eigenvalue weighted by Gasteiger charge is -2.40. The highest BCUT2D eigenvalue weighted by molar-refractivity contribution is 6.31. The van der Waals surface area contributed by atoms with Crippen molar-refractivity contribution < 1.29 is 9.18 Å². The van der Waals surface area contributed by atoms with E-state index in [0.717, 1.165) is 11.3 Å². The molecule has 0 radical (unpaired) electrons. The predicted molar refractivity (Wildman–Crippen MR) is 96.9 cm³/mol. The largest absolute Gasteiger partial charge is 0.348 e. The molecule has 0 aliphatic carbocycles. The highest BCUT2D eigenvalue weighted by Crippen LogP contribution is 2.34. The van der Waals surface area contributed by atoms with Crippen molar-refractivity contribution in [1.82, 2.24) is 4.90 Å². The molecule has 6 heteroatoms. The van der Waals surface area contributed by atoms with Crippen LogP contribution in [-0.2, 0) is 4.79 Å². The molecule has 1 atom stereocenters. The van der Waals surface area contributed by atoms with E-state index in [-0.39, 0.29) is 17.8 Å². The molecule has 4 rings (SSSR count). The fourth-order valence-electron chi connectivity index (χ4n) is 3.44. The normalized spacial score (nSPS) is 19.9. The summed E-state index contributed by atoms with van der Waals surface area (Å²) in [4.78, 5) is 20.6. The van der Waals surface area contributed by atoms with Crippen molar-refractivity contribution in [2.45, 2.75) is 12.5 Å². The van der Waals surface area contributed by atoms with Gasteiger partial charge in [-0.25, -0.2) is 4.39 Å². The van der Waals surface area contributed by atoms with Crippen LogP contribution in [0.15, 0.2) is 47.5 Å². The van der Waals surface area contributed by atoms with Crippen molar-refractivity contribution in [2.24, 2.45) is 4.99 Å². The third-order valence-corrected chi connectivity index (χ3v) is 4.99. The van der Waals surface area contributed by atoms with Crippen LogP contribution in [0.1, 0.15) is 17.5 Å². The first-order chi connectivity index (χ1) is 12.0. The second kappa shape index (κ2) is 6.15. The number of amides is 1. The third-order valence-electron chi connectivity index (χ3n) is 4.75. The Morgan fingerprint density at radius 1 is 1.20 bits per heavy atom. The van der Waals surface area contributed by atoms with Gasteiger partial charge in [0.25, 0.3) is 0 Å². The van der Waals surface area contributed by atoms with Crippen LogP contribution in [0, 0.1) is 5.82 Å². The van der Waals surface area contributed by atoms with E-state index in [1.54, 1.807) is 30.1 Å². The van der Waals surface area contributed by atoms with E-state index < -0.39 is 0 Å². The molecule has 0 N–H and O–H groups in total. The van der Waals surface area contributed by atoms with Gasteiger partial charge in [0, 0.05) is 35.3 Å². The maximum atomic E-state index is 14.4. The van der Waals surface area contributed by atoms with Gasteiger partial charge in [-0.15, -0.1) is 0 Å². The van der Waals surface area contributed by atoms with Crippen molar-refractivity contribution in [3.05, 3.63) is 64.4 Å². The van der Waals surface area contributed by atoms with Crippen LogP contribution in [0.2, 0.25) is 5.02 Å². The summed E-state index contributed by atoms with van der Waals surface area (Å²) in [6, 6.07) is 12.1. The van der Waals surface area contributed by atoms with Crippen LogP contribution < -0.4 is 4.90 Å².